The molecule has 4 nitrogen and oxygen atoms in total. The summed E-state index contributed by atoms with van der Waals surface area (Å²) >= 11 is 0. The maximum absolute atomic E-state index is 5.57. The van der Waals surface area contributed by atoms with Gasteiger partial charge in [0.05, 0.1) is 7.11 Å². The standard InChI is InChI=1S/C15H21N3O/c1-11(5-7-16)10-18-15-14-9-13(19-2)4-3-12(14)6-8-17-15/h3-4,6,8-9,11H,5,7,10,16H2,1-2H3,(H,17,18). The Morgan fingerprint density at radius 1 is 1.37 bits per heavy atom. The van der Waals surface area contributed by atoms with Crippen molar-refractivity contribution in [1.29, 1.82) is 0 Å². The summed E-state index contributed by atoms with van der Waals surface area (Å²) < 4.78 is 5.27. The van der Waals surface area contributed by atoms with Crippen molar-refractivity contribution < 1.29 is 4.74 Å². The van der Waals surface area contributed by atoms with Crippen LogP contribution in [-0.2, 0) is 0 Å². The lowest BCUT2D eigenvalue weighted by molar-refractivity contribution is 0.415. The Kier molecular flexibility index (Phi) is 4.58. The molecule has 3 N–H and O–H groups in total. The van der Waals surface area contributed by atoms with Crippen molar-refractivity contribution in [3.8, 4) is 5.75 Å². The van der Waals surface area contributed by atoms with Gasteiger partial charge in [-0.25, -0.2) is 4.98 Å². The van der Waals surface area contributed by atoms with Gasteiger partial charge in [0.15, 0.2) is 0 Å². The fourth-order valence-electron chi connectivity index (χ4n) is 2.07. The topological polar surface area (TPSA) is 60.2 Å². The molecule has 1 unspecified atom stereocenters. The number of nitrogens with one attached hydrogen (secondary N) is 1. The zero-order chi connectivity index (χ0) is 13.7. The molecule has 0 radical (unpaired) electrons. The Morgan fingerprint density at radius 3 is 2.95 bits per heavy atom. The minimum Gasteiger partial charge on any atom is -0.497 e. The van der Waals surface area contributed by atoms with Crippen LogP contribution < -0.4 is 15.8 Å². The Balaban J connectivity index is 2.22. The largest absolute Gasteiger partial charge is 0.497 e. The molecule has 0 aliphatic rings. The van der Waals surface area contributed by atoms with Crippen molar-refractivity contribution in [2.45, 2.75) is 13.3 Å². The van der Waals surface area contributed by atoms with Crippen molar-refractivity contribution in [2.24, 2.45) is 11.7 Å². The van der Waals surface area contributed by atoms with E-state index in [1.165, 1.54) is 0 Å². The fourth-order valence-corrected chi connectivity index (χ4v) is 2.07. The predicted octanol–water partition coefficient (Wildman–Crippen LogP) is 2.64. The van der Waals surface area contributed by atoms with E-state index in [0.717, 1.165) is 41.9 Å². The Bertz CT molecular complexity index is 542. The second kappa shape index (κ2) is 6.38. The first-order valence-corrected chi connectivity index (χ1v) is 6.61. The molecule has 102 valence electrons. The molecule has 1 aromatic carbocycles. The number of aromatic nitrogens is 1. The van der Waals surface area contributed by atoms with Crippen LogP contribution in [0.15, 0.2) is 30.5 Å². The van der Waals surface area contributed by atoms with Crippen LogP contribution in [0, 0.1) is 5.92 Å². The lowest BCUT2D eigenvalue weighted by Gasteiger charge is -2.13. The van der Waals surface area contributed by atoms with Gasteiger partial charge in [-0.2, -0.15) is 0 Å². The highest BCUT2D eigenvalue weighted by Gasteiger charge is 2.06. The fraction of sp³-hybridized carbons (Fsp3) is 0.400. The number of nitrogens with two attached hydrogens (primary N) is 1. The second-order valence-corrected chi connectivity index (χ2v) is 4.81. The van der Waals surface area contributed by atoms with Crippen molar-refractivity contribution in [2.75, 3.05) is 25.5 Å². The summed E-state index contributed by atoms with van der Waals surface area (Å²) in [5.74, 6) is 2.28. The van der Waals surface area contributed by atoms with E-state index in [2.05, 4.69) is 17.2 Å². The van der Waals surface area contributed by atoms with Gasteiger partial charge < -0.3 is 15.8 Å². The minimum absolute atomic E-state index is 0.535. The van der Waals surface area contributed by atoms with Crippen LogP contribution in [0.5, 0.6) is 5.75 Å². The molecule has 0 saturated heterocycles. The van der Waals surface area contributed by atoms with Crippen LogP contribution in [0.25, 0.3) is 10.8 Å². The molecule has 0 aliphatic carbocycles. The third-order valence-corrected chi connectivity index (χ3v) is 3.25. The Labute approximate surface area is 114 Å². The summed E-state index contributed by atoms with van der Waals surface area (Å²) in [5, 5.41) is 5.64. The summed E-state index contributed by atoms with van der Waals surface area (Å²) in [6.45, 7) is 3.78. The van der Waals surface area contributed by atoms with Crippen LogP contribution in [0.2, 0.25) is 0 Å². The number of hydrogen-bond acceptors (Lipinski definition) is 4. The van der Waals surface area contributed by atoms with Gasteiger partial charge in [0.2, 0.25) is 0 Å². The quantitative estimate of drug-likeness (QED) is 0.837. The number of nitrogens with zero attached hydrogens (tertiary/aromatic N) is 1. The van der Waals surface area contributed by atoms with Crippen molar-refractivity contribution in [1.82, 2.24) is 4.98 Å². The monoisotopic (exact) mass is 259 g/mol. The average Bonchev–Trinajstić information content (AvgIpc) is 2.44. The summed E-state index contributed by atoms with van der Waals surface area (Å²) in [7, 11) is 1.67. The maximum atomic E-state index is 5.57. The van der Waals surface area contributed by atoms with E-state index in [1.54, 1.807) is 7.11 Å². The molecular formula is C15H21N3O. The SMILES string of the molecule is COc1ccc2ccnc(NCC(C)CCN)c2c1. The van der Waals surface area contributed by atoms with E-state index in [-0.39, 0.29) is 0 Å². The molecule has 2 aromatic rings. The van der Waals surface area contributed by atoms with Crippen molar-refractivity contribution in [3.63, 3.8) is 0 Å². The van der Waals surface area contributed by atoms with E-state index in [4.69, 9.17) is 10.5 Å². The number of hydrogen-bond donors (Lipinski definition) is 2. The zero-order valence-corrected chi connectivity index (χ0v) is 11.5. The number of anilines is 1. The number of pyridine rings is 1. The smallest absolute Gasteiger partial charge is 0.133 e. The molecule has 0 fully saturated rings. The van der Waals surface area contributed by atoms with Crippen LogP contribution in [0.4, 0.5) is 5.82 Å². The minimum atomic E-state index is 0.535. The molecular weight excluding hydrogens is 238 g/mol. The summed E-state index contributed by atoms with van der Waals surface area (Å²) in [6, 6.07) is 8.02. The maximum Gasteiger partial charge on any atom is 0.133 e. The Hall–Kier alpha value is -1.81. The van der Waals surface area contributed by atoms with Gasteiger partial charge in [-0.15, -0.1) is 0 Å². The first-order chi connectivity index (χ1) is 9.24. The lowest BCUT2D eigenvalue weighted by atomic mass is 10.1. The first-order valence-electron chi connectivity index (χ1n) is 6.61. The van der Waals surface area contributed by atoms with Crippen LogP contribution in [0.1, 0.15) is 13.3 Å². The van der Waals surface area contributed by atoms with Gasteiger partial charge in [-0.05, 0) is 42.5 Å². The van der Waals surface area contributed by atoms with Crippen LogP contribution in [0.3, 0.4) is 0 Å². The number of ether oxygens (including phenoxy) is 1. The van der Waals surface area contributed by atoms with E-state index in [9.17, 15) is 0 Å². The highest BCUT2D eigenvalue weighted by atomic mass is 16.5. The molecule has 0 aliphatic heterocycles. The van der Waals surface area contributed by atoms with E-state index < -0.39 is 0 Å². The molecule has 1 heterocycles. The molecule has 0 bridgehead atoms. The summed E-state index contributed by atoms with van der Waals surface area (Å²) in [6.07, 6.45) is 2.84. The molecule has 19 heavy (non-hydrogen) atoms. The van der Waals surface area contributed by atoms with Gasteiger partial charge in [0, 0.05) is 18.1 Å². The molecule has 4 heteroatoms. The summed E-state index contributed by atoms with van der Waals surface area (Å²) in [4.78, 5) is 4.42. The first kappa shape index (κ1) is 13.6. The number of rotatable bonds is 6. The van der Waals surface area contributed by atoms with Crippen molar-refractivity contribution in [3.05, 3.63) is 30.5 Å². The van der Waals surface area contributed by atoms with E-state index >= 15 is 0 Å². The van der Waals surface area contributed by atoms with E-state index in [0.29, 0.717) is 5.92 Å². The van der Waals surface area contributed by atoms with Crippen molar-refractivity contribution >= 4 is 16.6 Å². The van der Waals surface area contributed by atoms with Crippen LogP contribution >= 0.6 is 0 Å². The molecule has 0 amide bonds. The van der Waals surface area contributed by atoms with Gasteiger partial charge in [-0.1, -0.05) is 13.0 Å². The van der Waals surface area contributed by atoms with Gasteiger partial charge in [-0.3, -0.25) is 0 Å². The summed E-state index contributed by atoms with van der Waals surface area (Å²) in [5.41, 5.74) is 5.57. The molecule has 0 saturated carbocycles. The second-order valence-electron chi connectivity index (χ2n) is 4.81. The van der Waals surface area contributed by atoms with Gasteiger partial charge >= 0.3 is 0 Å². The van der Waals surface area contributed by atoms with Crippen LogP contribution in [-0.4, -0.2) is 25.2 Å². The molecule has 1 atom stereocenters. The molecule has 1 aromatic heterocycles. The van der Waals surface area contributed by atoms with E-state index in [1.807, 2.05) is 30.5 Å². The lowest BCUT2D eigenvalue weighted by Crippen LogP contribution is -2.15. The molecule has 0 spiro atoms. The normalized spacial score (nSPS) is 12.4. The highest BCUT2D eigenvalue weighted by molar-refractivity contribution is 5.92. The Morgan fingerprint density at radius 2 is 2.21 bits per heavy atom. The highest BCUT2D eigenvalue weighted by Crippen LogP contribution is 2.25. The van der Waals surface area contributed by atoms with Gasteiger partial charge in [0.1, 0.15) is 11.6 Å². The zero-order valence-electron chi connectivity index (χ0n) is 11.5. The third kappa shape index (κ3) is 3.35. The molecule has 2 rings (SSSR count). The number of benzene rings is 1. The number of fused-ring (bicyclic) bond motifs is 1. The average molecular weight is 259 g/mol. The predicted molar refractivity (Wildman–Crippen MR) is 79.6 cm³/mol. The third-order valence-electron chi connectivity index (χ3n) is 3.25. The number of methoxy groups -OCH3 is 1. The van der Waals surface area contributed by atoms with Gasteiger partial charge in [0.25, 0.3) is 0 Å².